The Balaban J connectivity index is 4.80. The van der Waals surface area contributed by atoms with E-state index in [2.05, 4.69) is 6.92 Å². The van der Waals surface area contributed by atoms with Crippen molar-refractivity contribution >= 4 is 12.1 Å². The van der Waals surface area contributed by atoms with Crippen LogP contribution in [-0.2, 0) is 14.3 Å². The van der Waals surface area contributed by atoms with Gasteiger partial charge in [-0.1, -0.05) is 33.1 Å². The Labute approximate surface area is 129 Å². The Kier molecular flexibility index (Phi) is 11.7. The highest BCUT2D eigenvalue weighted by Gasteiger charge is 2.26. The van der Waals surface area contributed by atoms with Crippen LogP contribution < -0.4 is 0 Å². The number of rotatable bonds is 11. The van der Waals surface area contributed by atoms with E-state index < -0.39 is 0 Å². The van der Waals surface area contributed by atoms with E-state index in [-0.39, 0.29) is 24.5 Å². The van der Waals surface area contributed by atoms with Gasteiger partial charge in [-0.15, -0.1) is 0 Å². The van der Waals surface area contributed by atoms with E-state index >= 15 is 0 Å². The first-order valence-corrected chi connectivity index (χ1v) is 8.19. The van der Waals surface area contributed by atoms with Gasteiger partial charge >= 0.3 is 12.1 Å². The van der Waals surface area contributed by atoms with Gasteiger partial charge in [0.2, 0.25) is 0 Å². The van der Waals surface area contributed by atoms with E-state index in [0.717, 1.165) is 32.1 Å². The Morgan fingerprint density at radius 3 is 2.14 bits per heavy atom. The van der Waals surface area contributed by atoms with Gasteiger partial charge in [0.1, 0.15) is 0 Å². The van der Waals surface area contributed by atoms with Gasteiger partial charge in [-0.05, 0) is 26.7 Å². The lowest BCUT2D eigenvalue weighted by atomic mass is 10.0. The van der Waals surface area contributed by atoms with Crippen molar-refractivity contribution in [3.8, 4) is 0 Å². The first kappa shape index (κ1) is 19.7. The highest BCUT2D eigenvalue weighted by molar-refractivity contribution is 5.72. The van der Waals surface area contributed by atoms with Crippen LogP contribution >= 0.6 is 0 Å². The average molecular weight is 301 g/mol. The highest BCUT2D eigenvalue weighted by Crippen LogP contribution is 2.16. The number of amides is 1. The molecular formula is C16H31NO4. The van der Waals surface area contributed by atoms with Gasteiger partial charge in [-0.2, -0.15) is 0 Å². The molecule has 0 radical (unpaired) electrons. The lowest BCUT2D eigenvalue weighted by Crippen LogP contribution is -2.42. The molecule has 5 nitrogen and oxygen atoms in total. The van der Waals surface area contributed by atoms with Crippen molar-refractivity contribution in [1.82, 2.24) is 4.90 Å². The minimum atomic E-state index is -0.329. The highest BCUT2D eigenvalue weighted by atomic mass is 16.6. The number of esters is 1. The van der Waals surface area contributed by atoms with Gasteiger partial charge in [0, 0.05) is 12.6 Å². The Morgan fingerprint density at radius 2 is 1.62 bits per heavy atom. The number of carbonyl (C=O) groups is 2. The molecule has 0 N–H and O–H groups in total. The largest absolute Gasteiger partial charge is 0.466 e. The van der Waals surface area contributed by atoms with Crippen LogP contribution in [0.2, 0.25) is 0 Å². The quantitative estimate of drug-likeness (QED) is 0.431. The summed E-state index contributed by atoms with van der Waals surface area (Å²) in [4.78, 5) is 25.6. The maximum absolute atomic E-state index is 12.1. The fourth-order valence-corrected chi connectivity index (χ4v) is 2.28. The summed E-state index contributed by atoms with van der Waals surface area (Å²) in [5.41, 5.74) is 0. The molecule has 0 spiro atoms. The molecule has 5 heteroatoms. The Hall–Kier alpha value is -1.26. The average Bonchev–Trinajstić information content (AvgIpc) is 2.44. The molecule has 0 aliphatic carbocycles. The number of hydrogen-bond donors (Lipinski definition) is 0. The van der Waals surface area contributed by atoms with E-state index in [1.54, 1.807) is 18.7 Å². The molecule has 1 unspecified atom stereocenters. The van der Waals surface area contributed by atoms with Gasteiger partial charge in [0.05, 0.1) is 19.6 Å². The van der Waals surface area contributed by atoms with Crippen LogP contribution in [0.25, 0.3) is 0 Å². The lowest BCUT2D eigenvalue weighted by Gasteiger charge is -2.30. The van der Waals surface area contributed by atoms with Crippen molar-refractivity contribution in [3.63, 3.8) is 0 Å². The van der Waals surface area contributed by atoms with Gasteiger partial charge < -0.3 is 14.4 Å². The molecule has 1 atom stereocenters. The number of unbranched alkanes of at least 4 members (excludes halogenated alkanes) is 2. The molecule has 21 heavy (non-hydrogen) atoms. The van der Waals surface area contributed by atoms with Gasteiger partial charge in [-0.3, -0.25) is 4.79 Å². The SMILES string of the molecule is CCCCCC(CC(=O)OCC)N(CCC)C(=O)OCC. The molecule has 0 aromatic heterocycles. The number of ether oxygens (including phenoxy) is 2. The molecule has 0 saturated heterocycles. The summed E-state index contributed by atoms with van der Waals surface area (Å²) in [6.45, 7) is 9.05. The molecule has 124 valence electrons. The normalized spacial score (nSPS) is 11.8. The molecule has 0 bridgehead atoms. The molecule has 0 saturated carbocycles. The van der Waals surface area contributed by atoms with Crippen molar-refractivity contribution in [2.24, 2.45) is 0 Å². The first-order chi connectivity index (χ1) is 10.1. The van der Waals surface area contributed by atoms with Crippen LogP contribution in [0.5, 0.6) is 0 Å². The van der Waals surface area contributed by atoms with Crippen molar-refractivity contribution in [2.75, 3.05) is 19.8 Å². The van der Waals surface area contributed by atoms with Crippen LogP contribution in [0.15, 0.2) is 0 Å². The lowest BCUT2D eigenvalue weighted by molar-refractivity contribution is -0.144. The maximum Gasteiger partial charge on any atom is 0.410 e. The summed E-state index contributed by atoms with van der Waals surface area (Å²) in [7, 11) is 0. The standard InChI is InChI=1S/C16H31NO4/c1-5-9-10-11-14(13-15(18)20-7-3)17(12-6-2)16(19)21-8-4/h14H,5-13H2,1-4H3. The summed E-state index contributed by atoms with van der Waals surface area (Å²) in [6, 6.07) is -0.130. The number of carbonyl (C=O) groups excluding carboxylic acids is 2. The molecule has 0 aromatic carbocycles. The second-order valence-corrected chi connectivity index (χ2v) is 5.05. The van der Waals surface area contributed by atoms with E-state index in [0.29, 0.717) is 19.8 Å². The van der Waals surface area contributed by atoms with Crippen molar-refractivity contribution < 1.29 is 19.1 Å². The third-order valence-electron chi connectivity index (χ3n) is 3.26. The zero-order valence-electron chi connectivity index (χ0n) is 14.0. The summed E-state index contributed by atoms with van der Waals surface area (Å²) >= 11 is 0. The predicted molar refractivity (Wildman–Crippen MR) is 83.2 cm³/mol. The molecule has 0 fully saturated rings. The first-order valence-electron chi connectivity index (χ1n) is 8.19. The van der Waals surface area contributed by atoms with E-state index in [1.807, 2.05) is 6.92 Å². The summed E-state index contributed by atoms with van der Waals surface area (Å²) in [5.74, 6) is -0.246. The van der Waals surface area contributed by atoms with Gasteiger partial charge in [-0.25, -0.2) is 4.79 Å². The summed E-state index contributed by atoms with van der Waals surface area (Å²) in [5, 5.41) is 0. The molecule has 0 heterocycles. The van der Waals surface area contributed by atoms with Crippen LogP contribution in [0, 0.1) is 0 Å². The second kappa shape index (κ2) is 12.5. The molecule has 0 rings (SSSR count). The fourth-order valence-electron chi connectivity index (χ4n) is 2.28. The van der Waals surface area contributed by atoms with Crippen LogP contribution in [0.1, 0.15) is 66.2 Å². The van der Waals surface area contributed by atoms with Crippen LogP contribution in [0.3, 0.4) is 0 Å². The fraction of sp³-hybridized carbons (Fsp3) is 0.875. The smallest absolute Gasteiger partial charge is 0.410 e. The molecule has 0 aliphatic rings. The Bertz CT molecular complexity index is 294. The number of nitrogens with zero attached hydrogens (tertiary/aromatic N) is 1. The Morgan fingerprint density at radius 1 is 0.952 bits per heavy atom. The van der Waals surface area contributed by atoms with Crippen molar-refractivity contribution in [1.29, 1.82) is 0 Å². The van der Waals surface area contributed by atoms with Gasteiger partial charge in [0.15, 0.2) is 0 Å². The topological polar surface area (TPSA) is 55.8 Å². The minimum Gasteiger partial charge on any atom is -0.466 e. The van der Waals surface area contributed by atoms with Gasteiger partial charge in [0.25, 0.3) is 0 Å². The molecular weight excluding hydrogens is 270 g/mol. The summed E-state index contributed by atoms with van der Waals surface area (Å²) in [6.07, 6.45) is 4.78. The molecule has 1 amide bonds. The monoisotopic (exact) mass is 301 g/mol. The van der Waals surface area contributed by atoms with Crippen LogP contribution in [-0.4, -0.2) is 42.8 Å². The van der Waals surface area contributed by atoms with E-state index in [1.165, 1.54) is 0 Å². The third kappa shape index (κ3) is 8.58. The van der Waals surface area contributed by atoms with Crippen molar-refractivity contribution in [2.45, 2.75) is 72.3 Å². The maximum atomic E-state index is 12.1. The molecule has 0 aliphatic heterocycles. The third-order valence-corrected chi connectivity index (χ3v) is 3.26. The number of hydrogen-bond acceptors (Lipinski definition) is 4. The molecule has 0 aromatic rings. The van der Waals surface area contributed by atoms with E-state index in [9.17, 15) is 9.59 Å². The zero-order valence-corrected chi connectivity index (χ0v) is 14.0. The predicted octanol–water partition coefficient (Wildman–Crippen LogP) is 3.76. The summed E-state index contributed by atoms with van der Waals surface area (Å²) < 4.78 is 10.1. The van der Waals surface area contributed by atoms with Crippen LogP contribution in [0.4, 0.5) is 4.79 Å². The van der Waals surface area contributed by atoms with Crippen molar-refractivity contribution in [3.05, 3.63) is 0 Å². The second-order valence-electron chi connectivity index (χ2n) is 5.05. The minimum absolute atomic E-state index is 0.130. The van der Waals surface area contributed by atoms with E-state index in [4.69, 9.17) is 9.47 Å². The zero-order chi connectivity index (χ0) is 16.1.